The van der Waals surface area contributed by atoms with E-state index in [0.717, 1.165) is 45.3 Å². The highest BCUT2D eigenvalue weighted by Gasteiger charge is 2.40. The van der Waals surface area contributed by atoms with Crippen LogP contribution in [0, 0.1) is 0 Å². The number of ether oxygens (including phenoxy) is 1. The van der Waals surface area contributed by atoms with Crippen molar-refractivity contribution in [2.75, 3.05) is 39.8 Å². The summed E-state index contributed by atoms with van der Waals surface area (Å²) in [5.41, 5.74) is 1.36. The van der Waals surface area contributed by atoms with E-state index in [-0.39, 0.29) is 6.10 Å². The zero-order valence-electron chi connectivity index (χ0n) is 13.8. The highest BCUT2D eigenvalue weighted by Crippen LogP contribution is 2.24. The van der Waals surface area contributed by atoms with Crippen molar-refractivity contribution in [3.05, 3.63) is 48.6 Å². The summed E-state index contributed by atoms with van der Waals surface area (Å²) in [6, 6.07) is 11.1. The Bertz CT molecular complexity index is 545. The summed E-state index contributed by atoms with van der Waals surface area (Å²) in [6.07, 6.45) is 2.11. The maximum Gasteiger partial charge on any atom is 0.194 e. The lowest BCUT2D eigenvalue weighted by molar-refractivity contribution is -0.0502. The third-order valence-electron chi connectivity index (χ3n) is 4.56. The van der Waals surface area contributed by atoms with Gasteiger partial charge in [-0.05, 0) is 5.56 Å². The molecule has 5 heteroatoms. The average Bonchev–Trinajstić information content (AvgIpc) is 3.02. The van der Waals surface area contributed by atoms with Crippen LogP contribution in [0.5, 0.6) is 0 Å². The normalized spacial score (nSPS) is 25.3. The lowest BCUT2D eigenvalue weighted by atomic mass is 10.1. The first-order valence-corrected chi connectivity index (χ1v) is 8.28. The summed E-state index contributed by atoms with van der Waals surface area (Å²) in [4.78, 5) is 9.22. The zero-order valence-corrected chi connectivity index (χ0v) is 13.8. The van der Waals surface area contributed by atoms with Crippen LogP contribution in [0.3, 0.4) is 0 Å². The van der Waals surface area contributed by atoms with Crippen molar-refractivity contribution in [2.45, 2.75) is 18.7 Å². The topological polar surface area (TPSA) is 40.1 Å². The number of hydrogen-bond donors (Lipinski definition) is 1. The monoisotopic (exact) mass is 314 g/mol. The van der Waals surface area contributed by atoms with E-state index in [4.69, 9.17) is 4.74 Å². The predicted octanol–water partition coefficient (Wildman–Crippen LogP) is 1.33. The molecule has 0 aliphatic carbocycles. The number of hydrogen-bond acceptors (Lipinski definition) is 3. The smallest absolute Gasteiger partial charge is 0.194 e. The van der Waals surface area contributed by atoms with Crippen molar-refractivity contribution in [3.8, 4) is 0 Å². The van der Waals surface area contributed by atoms with E-state index < -0.39 is 0 Å². The molecule has 2 saturated heterocycles. The first-order valence-electron chi connectivity index (χ1n) is 8.28. The van der Waals surface area contributed by atoms with Crippen molar-refractivity contribution in [2.24, 2.45) is 4.99 Å². The van der Waals surface area contributed by atoms with Gasteiger partial charge in [-0.1, -0.05) is 36.4 Å². The summed E-state index contributed by atoms with van der Waals surface area (Å²) in [7, 11) is 1.83. The molecular weight excluding hydrogens is 288 g/mol. The maximum atomic E-state index is 6.01. The SMILES string of the molecule is C=CCNC(=NC)N1CC2OCCN(Cc3ccccc3)C2C1. The van der Waals surface area contributed by atoms with Crippen molar-refractivity contribution in [1.29, 1.82) is 0 Å². The minimum Gasteiger partial charge on any atom is -0.373 e. The van der Waals surface area contributed by atoms with Gasteiger partial charge in [0.2, 0.25) is 0 Å². The molecule has 2 aliphatic rings. The van der Waals surface area contributed by atoms with Crippen LogP contribution in [-0.4, -0.2) is 67.7 Å². The van der Waals surface area contributed by atoms with E-state index in [1.54, 1.807) is 0 Å². The lowest BCUT2D eigenvalue weighted by Gasteiger charge is -2.36. The molecule has 1 aromatic rings. The van der Waals surface area contributed by atoms with Crippen LogP contribution in [0.2, 0.25) is 0 Å². The van der Waals surface area contributed by atoms with Gasteiger partial charge in [-0.15, -0.1) is 6.58 Å². The second-order valence-corrected chi connectivity index (χ2v) is 6.05. The van der Waals surface area contributed by atoms with Gasteiger partial charge in [0, 0.05) is 39.8 Å². The van der Waals surface area contributed by atoms with Gasteiger partial charge in [0.1, 0.15) is 0 Å². The molecular formula is C18H26N4O. The summed E-state index contributed by atoms with van der Waals surface area (Å²) in [6.45, 7) is 9.11. The van der Waals surface area contributed by atoms with Crippen molar-refractivity contribution in [3.63, 3.8) is 0 Å². The third-order valence-corrected chi connectivity index (χ3v) is 4.56. The fraction of sp³-hybridized carbons (Fsp3) is 0.500. The Morgan fingerprint density at radius 2 is 2.22 bits per heavy atom. The first-order chi connectivity index (χ1) is 11.3. The van der Waals surface area contributed by atoms with Gasteiger partial charge in [0.05, 0.1) is 18.8 Å². The third kappa shape index (κ3) is 3.74. The number of likely N-dealkylation sites (tertiary alicyclic amines) is 1. The second-order valence-electron chi connectivity index (χ2n) is 6.05. The van der Waals surface area contributed by atoms with Crippen LogP contribution in [0.1, 0.15) is 5.56 Å². The zero-order chi connectivity index (χ0) is 16.1. The molecule has 3 rings (SSSR count). The highest BCUT2D eigenvalue weighted by atomic mass is 16.5. The standard InChI is InChI=1S/C18H26N4O/c1-3-9-20-18(19-2)22-13-16-17(14-22)23-11-10-21(16)12-15-7-5-4-6-8-15/h3-8,16-17H,1,9-14H2,2H3,(H,19,20). The highest BCUT2D eigenvalue weighted by molar-refractivity contribution is 5.80. The fourth-order valence-electron chi connectivity index (χ4n) is 3.44. The molecule has 0 aromatic heterocycles. The molecule has 2 heterocycles. The quantitative estimate of drug-likeness (QED) is 0.517. The molecule has 2 atom stereocenters. The van der Waals surface area contributed by atoms with E-state index in [0.29, 0.717) is 6.04 Å². The lowest BCUT2D eigenvalue weighted by Crippen LogP contribution is -2.50. The van der Waals surface area contributed by atoms with E-state index >= 15 is 0 Å². The number of benzene rings is 1. The minimum absolute atomic E-state index is 0.259. The maximum absolute atomic E-state index is 6.01. The molecule has 2 aliphatic heterocycles. The summed E-state index contributed by atoms with van der Waals surface area (Å²) >= 11 is 0. The number of nitrogens with zero attached hydrogens (tertiary/aromatic N) is 3. The van der Waals surface area contributed by atoms with Crippen molar-refractivity contribution >= 4 is 5.96 Å². The minimum atomic E-state index is 0.259. The Balaban J connectivity index is 1.66. The second kappa shape index (κ2) is 7.62. The molecule has 0 saturated carbocycles. The van der Waals surface area contributed by atoms with Crippen LogP contribution in [0.25, 0.3) is 0 Å². The number of nitrogens with one attached hydrogen (secondary N) is 1. The molecule has 2 unspecified atom stereocenters. The van der Waals surface area contributed by atoms with Crippen molar-refractivity contribution < 1.29 is 4.74 Å². The number of aliphatic imine (C=N–C) groups is 1. The Morgan fingerprint density at radius 3 is 2.96 bits per heavy atom. The molecule has 0 spiro atoms. The van der Waals surface area contributed by atoms with Crippen LogP contribution < -0.4 is 5.32 Å². The molecule has 0 radical (unpaired) electrons. The molecule has 2 fully saturated rings. The molecule has 5 nitrogen and oxygen atoms in total. The van der Waals surface area contributed by atoms with Crippen LogP contribution in [0.15, 0.2) is 48.0 Å². The number of morpholine rings is 1. The summed E-state index contributed by atoms with van der Waals surface area (Å²) in [5.74, 6) is 0.933. The van der Waals surface area contributed by atoms with Crippen molar-refractivity contribution in [1.82, 2.24) is 15.1 Å². The summed E-state index contributed by atoms with van der Waals surface area (Å²) in [5, 5.41) is 3.32. The van der Waals surface area contributed by atoms with Crippen LogP contribution in [-0.2, 0) is 11.3 Å². The Morgan fingerprint density at radius 1 is 1.39 bits per heavy atom. The molecule has 1 N–H and O–H groups in total. The van der Waals surface area contributed by atoms with Gasteiger partial charge in [-0.3, -0.25) is 9.89 Å². The number of fused-ring (bicyclic) bond motifs is 1. The molecule has 0 bridgehead atoms. The van der Waals surface area contributed by atoms with E-state index in [2.05, 4.69) is 57.0 Å². The van der Waals surface area contributed by atoms with Crippen LogP contribution >= 0.6 is 0 Å². The van der Waals surface area contributed by atoms with E-state index in [1.807, 2.05) is 13.1 Å². The fourth-order valence-corrected chi connectivity index (χ4v) is 3.44. The van der Waals surface area contributed by atoms with Gasteiger partial charge in [-0.25, -0.2) is 0 Å². The average molecular weight is 314 g/mol. The van der Waals surface area contributed by atoms with E-state index in [9.17, 15) is 0 Å². The Kier molecular flexibility index (Phi) is 5.31. The number of guanidine groups is 1. The van der Waals surface area contributed by atoms with Gasteiger partial charge in [0.25, 0.3) is 0 Å². The summed E-state index contributed by atoms with van der Waals surface area (Å²) < 4.78 is 6.01. The van der Waals surface area contributed by atoms with Gasteiger partial charge >= 0.3 is 0 Å². The Labute approximate surface area is 138 Å². The molecule has 23 heavy (non-hydrogen) atoms. The van der Waals surface area contributed by atoms with Crippen LogP contribution in [0.4, 0.5) is 0 Å². The van der Waals surface area contributed by atoms with E-state index in [1.165, 1.54) is 5.56 Å². The largest absolute Gasteiger partial charge is 0.373 e. The molecule has 124 valence electrons. The molecule has 0 amide bonds. The van der Waals surface area contributed by atoms with Gasteiger partial charge in [0.15, 0.2) is 5.96 Å². The first kappa shape index (κ1) is 16.0. The number of rotatable bonds is 4. The predicted molar refractivity (Wildman–Crippen MR) is 93.5 cm³/mol. The Hall–Kier alpha value is -1.85. The van der Waals surface area contributed by atoms with Gasteiger partial charge in [-0.2, -0.15) is 0 Å². The molecule has 1 aromatic carbocycles. The van der Waals surface area contributed by atoms with Gasteiger partial charge < -0.3 is 15.0 Å².